The Kier molecular flexibility index (Phi) is 6.50. The molecule has 0 heterocycles. The quantitative estimate of drug-likeness (QED) is 0.727. The van der Waals surface area contributed by atoms with Crippen molar-refractivity contribution in [1.82, 2.24) is 0 Å². The molecular weight excluding hydrogens is 252 g/mol. The summed E-state index contributed by atoms with van der Waals surface area (Å²) >= 11 is 0. The zero-order valence-corrected chi connectivity index (χ0v) is 13.5. The van der Waals surface area contributed by atoms with Crippen LogP contribution in [0.2, 0.25) is 0 Å². The van der Waals surface area contributed by atoms with Crippen LogP contribution >= 0.6 is 0 Å². The second-order valence-electron chi connectivity index (χ2n) is 7.30. The maximum atomic E-state index is 12.2. The number of ether oxygens (including phenoxy) is 1. The molecule has 0 saturated heterocycles. The molecule has 20 heavy (non-hydrogen) atoms. The molecule has 2 N–H and O–H groups in total. The third-order valence-electron chi connectivity index (χ3n) is 5.70. The van der Waals surface area contributed by atoms with Crippen molar-refractivity contribution in [1.29, 1.82) is 0 Å². The van der Waals surface area contributed by atoms with Crippen LogP contribution in [0.4, 0.5) is 0 Å². The van der Waals surface area contributed by atoms with Gasteiger partial charge in [0, 0.05) is 0 Å². The van der Waals surface area contributed by atoms with Crippen molar-refractivity contribution >= 4 is 5.97 Å². The minimum atomic E-state index is 0. The zero-order chi connectivity index (χ0) is 14.0. The Morgan fingerprint density at radius 1 is 0.900 bits per heavy atom. The number of carbonyl (C=O) groups excluding carboxylic acids is 1. The van der Waals surface area contributed by atoms with E-state index in [0.29, 0.717) is 11.8 Å². The van der Waals surface area contributed by atoms with E-state index < -0.39 is 0 Å². The number of hydrogen-bond donors (Lipinski definition) is 0. The summed E-state index contributed by atoms with van der Waals surface area (Å²) in [5.74, 6) is 3.16. The molecule has 0 spiro atoms. The summed E-state index contributed by atoms with van der Waals surface area (Å²) in [6.45, 7) is 9.20. The van der Waals surface area contributed by atoms with Crippen LogP contribution in [0.25, 0.3) is 0 Å². The highest BCUT2D eigenvalue weighted by atomic mass is 16.5. The molecule has 3 heteroatoms. The molecule has 0 aliphatic heterocycles. The summed E-state index contributed by atoms with van der Waals surface area (Å²) in [4.78, 5) is 12.2. The smallest absolute Gasteiger partial charge is 0.309 e. The number of rotatable bonds is 2. The Balaban J connectivity index is 0.00000200. The first-order valence-electron chi connectivity index (χ1n) is 8.17. The van der Waals surface area contributed by atoms with Crippen molar-refractivity contribution in [2.45, 2.75) is 72.3 Å². The van der Waals surface area contributed by atoms with Crippen LogP contribution in [0.5, 0.6) is 0 Å². The van der Waals surface area contributed by atoms with Crippen LogP contribution in [0.3, 0.4) is 0 Å². The fraction of sp³-hybridized carbons (Fsp3) is 0.941. The van der Waals surface area contributed by atoms with E-state index in [-0.39, 0.29) is 23.5 Å². The highest BCUT2D eigenvalue weighted by Gasteiger charge is 2.34. The summed E-state index contributed by atoms with van der Waals surface area (Å²) in [6.07, 6.45) is 6.74. The number of hydrogen-bond acceptors (Lipinski definition) is 2. The molecule has 0 radical (unpaired) electrons. The van der Waals surface area contributed by atoms with Crippen molar-refractivity contribution < 1.29 is 15.0 Å². The Morgan fingerprint density at radius 2 is 1.40 bits per heavy atom. The Morgan fingerprint density at radius 3 is 1.90 bits per heavy atom. The van der Waals surface area contributed by atoms with Crippen molar-refractivity contribution in [2.24, 2.45) is 29.6 Å². The summed E-state index contributed by atoms with van der Waals surface area (Å²) in [5.41, 5.74) is 0. The fourth-order valence-corrected chi connectivity index (χ4v) is 3.77. The van der Waals surface area contributed by atoms with E-state index in [0.717, 1.165) is 37.5 Å². The molecule has 2 saturated carbocycles. The van der Waals surface area contributed by atoms with Crippen molar-refractivity contribution in [3.63, 3.8) is 0 Å². The molecule has 2 atom stereocenters. The van der Waals surface area contributed by atoms with Crippen LogP contribution in [0.1, 0.15) is 66.2 Å². The van der Waals surface area contributed by atoms with Gasteiger partial charge in [-0.2, -0.15) is 0 Å². The van der Waals surface area contributed by atoms with Crippen LogP contribution in [-0.4, -0.2) is 17.5 Å². The minimum absolute atomic E-state index is 0. The van der Waals surface area contributed by atoms with Gasteiger partial charge in [0.05, 0.1) is 5.92 Å². The van der Waals surface area contributed by atoms with Crippen molar-refractivity contribution in [3.8, 4) is 0 Å². The Labute approximate surface area is 123 Å². The van der Waals surface area contributed by atoms with Crippen LogP contribution in [0, 0.1) is 29.6 Å². The first-order chi connectivity index (χ1) is 8.97. The molecule has 2 fully saturated rings. The summed E-state index contributed by atoms with van der Waals surface area (Å²) in [5, 5.41) is 0. The monoisotopic (exact) mass is 284 g/mol. The van der Waals surface area contributed by atoms with Crippen molar-refractivity contribution in [2.75, 3.05) is 0 Å². The molecule has 0 bridgehead atoms. The van der Waals surface area contributed by atoms with Gasteiger partial charge in [-0.05, 0) is 62.2 Å². The van der Waals surface area contributed by atoms with Gasteiger partial charge in [0.2, 0.25) is 0 Å². The normalized spacial score (nSPS) is 41.6. The SMILES string of the molecule is CC1CCC(C(=O)OC2CC(C)C(C)C(C)C2)CC1.O. The molecule has 2 unspecified atom stereocenters. The molecule has 0 aromatic heterocycles. The standard InChI is InChI=1S/C17H30O2.H2O/c1-11-5-7-15(8-6-11)17(18)19-16-9-12(2)14(4)13(3)10-16;/h11-16H,5-10H2,1-4H3;1H2. The molecule has 0 aromatic rings. The van der Waals surface area contributed by atoms with Crippen LogP contribution < -0.4 is 0 Å². The van der Waals surface area contributed by atoms with E-state index in [9.17, 15) is 4.79 Å². The van der Waals surface area contributed by atoms with E-state index in [1.54, 1.807) is 0 Å². The molecular formula is C17H32O3. The first kappa shape index (κ1) is 17.5. The van der Waals surface area contributed by atoms with Crippen LogP contribution in [-0.2, 0) is 9.53 Å². The fourth-order valence-electron chi connectivity index (χ4n) is 3.77. The third kappa shape index (κ3) is 4.21. The maximum absolute atomic E-state index is 12.2. The first-order valence-corrected chi connectivity index (χ1v) is 8.17. The van der Waals surface area contributed by atoms with E-state index in [2.05, 4.69) is 27.7 Å². The number of esters is 1. The minimum Gasteiger partial charge on any atom is -0.462 e. The van der Waals surface area contributed by atoms with Gasteiger partial charge >= 0.3 is 5.97 Å². The second kappa shape index (κ2) is 7.44. The molecule has 0 aromatic carbocycles. The molecule has 3 nitrogen and oxygen atoms in total. The van der Waals surface area contributed by atoms with Gasteiger partial charge in [0.15, 0.2) is 0 Å². The van der Waals surface area contributed by atoms with E-state index in [1.165, 1.54) is 12.8 Å². The number of carbonyl (C=O) groups is 1. The van der Waals surface area contributed by atoms with Gasteiger partial charge in [-0.15, -0.1) is 0 Å². The Hall–Kier alpha value is -0.570. The second-order valence-corrected chi connectivity index (χ2v) is 7.30. The predicted molar refractivity (Wildman–Crippen MR) is 81.3 cm³/mol. The molecule has 2 aliphatic carbocycles. The molecule has 0 amide bonds. The van der Waals surface area contributed by atoms with Gasteiger partial charge in [0.25, 0.3) is 0 Å². The largest absolute Gasteiger partial charge is 0.462 e. The topological polar surface area (TPSA) is 57.8 Å². The average molecular weight is 284 g/mol. The van der Waals surface area contributed by atoms with Gasteiger partial charge < -0.3 is 10.2 Å². The van der Waals surface area contributed by atoms with Crippen molar-refractivity contribution in [3.05, 3.63) is 0 Å². The van der Waals surface area contributed by atoms with Crippen LogP contribution in [0.15, 0.2) is 0 Å². The third-order valence-corrected chi connectivity index (χ3v) is 5.70. The molecule has 2 rings (SSSR count). The Bertz CT molecular complexity index is 295. The van der Waals surface area contributed by atoms with Gasteiger partial charge in [-0.25, -0.2) is 0 Å². The summed E-state index contributed by atoms with van der Waals surface area (Å²) < 4.78 is 5.82. The summed E-state index contributed by atoms with van der Waals surface area (Å²) in [7, 11) is 0. The van der Waals surface area contributed by atoms with E-state index in [4.69, 9.17) is 4.74 Å². The molecule has 2 aliphatic rings. The van der Waals surface area contributed by atoms with E-state index >= 15 is 0 Å². The lowest BCUT2D eigenvalue weighted by Gasteiger charge is -2.37. The lowest BCUT2D eigenvalue weighted by molar-refractivity contribution is -0.159. The van der Waals surface area contributed by atoms with E-state index in [1.807, 2.05) is 0 Å². The zero-order valence-electron chi connectivity index (χ0n) is 13.5. The highest BCUT2D eigenvalue weighted by Crippen LogP contribution is 2.36. The van der Waals surface area contributed by atoms with Gasteiger partial charge in [-0.1, -0.05) is 27.7 Å². The lowest BCUT2D eigenvalue weighted by atomic mass is 9.73. The highest BCUT2D eigenvalue weighted by molar-refractivity contribution is 5.72. The lowest BCUT2D eigenvalue weighted by Crippen LogP contribution is -2.35. The average Bonchev–Trinajstić information content (AvgIpc) is 2.36. The van der Waals surface area contributed by atoms with Gasteiger partial charge in [-0.3, -0.25) is 4.79 Å². The predicted octanol–water partition coefficient (Wildman–Crippen LogP) is 3.60. The summed E-state index contributed by atoms with van der Waals surface area (Å²) in [6, 6.07) is 0. The molecule has 118 valence electrons. The van der Waals surface area contributed by atoms with Gasteiger partial charge in [0.1, 0.15) is 6.10 Å². The maximum Gasteiger partial charge on any atom is 0.309 e.